The summed E-state index contributed by atoms with van der Waals surface area (Å²) in [6.07, 6.45) is 5.77. The van der Waals surface area contributed by atoms with Crippen molar-refractivity contribution in [2.75, 3.05) is 12.8 Å². The lowest BCUT2D eigenvalue weighted by atomic mass is 9.62. The Kier molecular flexibility index (Phi) is 5.68. The van der Waals surface area contributed by atoms with Gasteiger partial charge in [0.15, 0.2) is 0 Å². The van der Waals surface area contributed by atoms with E-state index in [1.54, 1.807) is 0 Å². The number of thioether (sulfide) groups is 1. The Hall–Kier alpha value is -0.290. The topological polar surface area (TPSA) is 55.1 Å². The van der Waals surface area contributed by atoms with Gasteiger partial charge in [-0.3, -0.25) is 4.79 Å². The van der Waals surface area contributed by atoms with Crippen molar-refractivity contribution in [3.63, 3.8) is 0 Å². The molecule has 0 aliphatic heterocycles. The van der Waals surface area contributed by atoms with Gasteiger partial charge in [-0.2, -0.15) is 11.8 Å². The van der Waals surface area contributed by atoms with Crippen LogP contribution in [0.5, 0.6) is 0 Å². The summed E-state index contributed by atoms with van der Waals surface area (Å²) in [5.74, 6) is 0.563. The fourth-order valence-corrected chi connectivity index (χ4v) is 3.95. The highest BCUT2D eigenvalue weighted by Crippen LogP contribution is 2.46. The highest BCUT2D eigenvalue weighted by Gasteiger charge is 2.51. The molecule has 0 atom stereocenters. The summed E-state index contributed by atoms with van der Waals surface area (Å²) in [6.45, 7) is 7.16. The van der Waals surface area contributed by atoms with E-state index >= 15 is 0 Å². The van der Waals surface area contributed by atoms with Crippen molar-refractivity contribution in [3.05, 3.63) is 0 Å². The van der Waals surface area contributed by atoms with Crippen LogP contribution in [0, 0.1) is 11.3 Å². The number of thiocarbonyl (C=S) groups is 1. The fraction of sp³-hybridized carbons (Fsp3) is 0.857. The normalized spacial score (nSPS) is 26.6. The second kappa shape index (κ2) is 6.44. The van der Waals surface area contributed by atoms with Gasteiger partial charge in [0.2, 0.25) is 5.91 Å². The summed E-state index contributed by atoms with van der Waals surface area (Å²) in [5.41, 5.74) is 5.22. The Morgan fingerprint density at radius 1 is 1.47 bits per heavy atom. The van der Waals surface area contributed by atoms with Crippen LogP contribution in [0.4, 0.5) is 0 Å². The lowest BCUT2D eigenvalue weighted by molar-refractivity contribution is -0.133. The van der Waals surface area contributed by atoms with Gasteiger partial charge >= 0.3 is 0 Å². The molecule has 1 fully saturated rings. The molecule has 1 saturated carbocycles. The fourth-order valence-electron chi connectivity index (χ4n) is 2.90. The van der Waals surface area contributed by atoms with Crippen molar-refractivity contribution in [2.45, 2.75) is 51.2 Å². The molecule has 110 valence electrons. The number of hydrogen-bond donors (Lipinski definition) is 2. The van der Waals surface area contributed by atoms with Crippen molar-refractivity contribution in [1.29, 1.82) is 0 Å². The first-order valence-corrected chi connectivity index (χ1v) is 8.62. The number of hydrogen-bond acceptors (Lipinski definition) is 3. The molecule has 3 N–H and O–H groups in total. The summed E-state index contributed by atoms with van der Waals surface area (Å²) >= 11 is 6.94. The van der Waals surface area contributed by atoms with E-state index in [0.29, 0.717) is 17.5 Å². The molecule has 1 amide bonds. The predicted molar refractivity (Wildman–Crippen MR) is 87.5 cm³/mol. The van der Waals surface area contributed by atoms with Crippen LogP contribution >= 0.6 is 24.0 Å². The van der Waals surface area contributed by atoms with Crippen molar-refractivity contribution in [3.8, 4) is 0 Å². The van der Waals surface area contributed by atoms with E-state index in [1.165, 1.54) is 0 Å². The average Bonchev–Trinajstić information content (AvgIpc) is 2.36. The third-order valence-electron chi connectivity index (χ3n) is 4.59. The van der Waals surface area contributed by atoms with Crippen molar-refractivity contribution in [1.82, 2.24) is 5.32 Å². The van der Waals surface area contributed by atoms with E-state index < -0.39 is 5.41 Å². The molecule has 0 aromatic heterocycles. The highest BCUT2D eigenvalue weighted by atomic mass is 32.2. The van der Waals surface area contributed by atoms with Crippen LogP contribution in [-0.2, 0) is 4.79 Å². The van der Waals surface area contributed by atoms with Crippen molar-refractivity contribution >= 4 is 34.9 Å². The van der Waals surface area contributed by atoms with E-state index in [4.69, 9.17) is 18.0 Å². The lowest BCUT2D eigenvalue weighted by Crippen LogP contribution is -2.57. The van der Waals surface area contributed by atoms with Crippen LogP contribution < -0.4 is 11.1 Å². The van der Waals surface area contributed by atoms with Crippen molar-refractivity contribution in [2.24, 2.45) is 17.1 Å². The maximum atomic E-state index is 12.4. The lowest BCUT2D eigenvalue weighted by Gasteiger charge is -2.44. The van der Waals surface area contributed by atoms with Crippen LogP contribution in [0.15, 0.2) is 0 Å². The van der Waals surface area contributed by atoms with E-state index in [2.05, 4.69) is 32.3 Å². The largest absolute Gasteiger partial charge is 0.392 e. The zero-order chi connectivity index (χ0) is 14.7. The first kappa shape index (κ1) is 16.8. The molecule has 19 heavy (non-hydrogen) atoms. The summed E-state index contributed by atoms with van der Waals surface area (Å²) in [6, 6.07) is 0. The quantitative estimate of drug-likeness (QED) is 0.710. The van der Waals surface area contributed by atoms with Gasteiger partial charge < -0.3 is 11.1 Å². The average molecular weight is 303 g/mol. The Balaban J connectivity index is 2.67. The third kappa shape index (κ3) is 3.24. The molecular formula is C14H26N2OS2. The second-order valence-corrected chi connectivity index (χ2v) is 7.45. The molecular weight excluding hydrogens is 276 g/mol. The van der Waals surface area contributed by atoms with E-state index in [1.807, 2.05) is 11.8 Å². The molecule has 0 aromatic carbocycles. The first-order chi connectivity index (χ1) is 8.85. The van der Waals surface area contributed by atoms with Gasteiger partial charge in [0.1, 0.15) is 0 Å². The van der Waals surface area contributed by atoms with Gasteiger partial charge in [0.25, 0.3) is 0 Å². The van der Waals surface area contributed by atoms with E-state index in [9.17, 15) is 4.79 Å². The van der Waals surface area contributed by atoms with Crippen LogP contribution in [0.3, 0.4) is 0 Å². The number of carbonyl (C=O) groups is 1. The summed E-state index contributed by atoms with van der Waals surface area (Å²) in [7, 11) is 0. The number of carbonyl (C=O) groups excluding carboxylic acids is 1. The smallest absolute Gasteiger partial charge is 0.233 e. The monoisotopic (exact) mass is 302 g/mol. The molecule has 0 spiro atoms. The van der Waals surface area contributed by atoms with E-state index in [-0.39, 0.29) is 10.7 Å². The van der Waals surface area contributed by atoms with Crippen LogP contribution in [0.25, 0.3) is 0 Å². The Morgan fingerprint density at radius 3 is 2.32 bits per heavy atom. The molecule has 1 rings (SSSR count). The molecule has 0 saturated heterocycles. The van der Waals surface area contributed by atoms with Gasteiger partial charge in [-0.15, -0.1) is 0 Å². The highest BCUT2D eigenvalue weighted by molar-refractivity contribution is 8.00. The SMILES string of the molecule is CCC(CC)(CNC(=O)C1(C(N)=S)CC(C)C1)SC. The van der Waals surface area contributed by atoms with Gasteiger partial charge in [0.05, 0.1) is 10.4 Å². The van der Waals surface area contributed by atoms with Gasteiger partial charge in [0, 0.05) is 11.3 Å². The Morgan fingerprint density at radius 2 is 2.00 bits per heavy atom. The van der Waals surface area contributed by atoms with Gasteiger partial charge in [-0.25, -0.2) is 0 Å². The minimum Gasteiger partial charge on any atom is -0.392 e. The minimum atomic E-state index is -0.583. The Bertz CT molecular complexity index is 339. The molecule has 0 bridgehead atoms. The van der Waals surface area contributed by atoms with Gasteiger partial charge in [-0.1, -0.05) is 33.0 Å². The molecule has 0 aromatic rings. The van der Waals surface area contributed by atoms with Crippen LogP contribution in [0.1, 0.15) is 46.5 Å². The van der Waals surface area contributed by atoms with E-state index in [0.717, 1.165) is 25.7 Å². The molecule has 0 unspecified atom stereocenters. The first-order valence-electron chi connectivity index (χ1n) is 6.99. The summed E-state index contributed by atoms with van der Waals surface area (Å²) in [5, 5.41) is 3.09. The zero-order valence-corrected chi connectivity index (χ0v) is 14.0. The maximum Gasteiger partial charge on any atom is 0.233 e. The summed E-state index contributed by atoms with van der Waals surface area (Å²) < 4.78 is 0.127. The predicted octanol–water partition coefficient (Wildman–Crippen LogP) is 2.73. The molecule has 3 nitrogen and oxygen atoms in total. The number of nitrogens with one attached hydrogen (secondary N) is 1. The third-order valence-corrected chi connectivity index (χ3v) is 6.57. The molecule has 0 radical (unpaired) electrons. The van der Waals surface area contributed by atoms with Crippen molar-refractivity contribution < 1.29 is 4.79 Å². The standard InChI is InChI=1S/C14H26N2OS2/c1-5-13(6-2,19-4)9-16-12(17)14(11(15)18)7-10(3)8-14/h10H,5-9H2,1-4H3,(H2,15,18)(H,16,17). The van der Waals surface area contributed by atoms with Crippen LogP contribution in [-0.4, -0.2) is 28.4 Å². The molecule has 0 heterocycles. The molecule has 1 aliphatic rings. The number of amides is 1. The molecule has 5 heteroatoms. The second-order valence-electron chi connectivity index (χ2n) is 5.74. The van der Waals surface area contributed by atoms with Gasteiger partial charge in [-0.05, 0) is 37.9 Å². The number of nitrogens with two attached hydrogens (primary N) is 1. The maximum absolute atomic E-state index is 12.4. The van der Waals surface area contributed by atoms with Crippen LogP contribution in [0.2, 0.25) is 0 Å². The molecule has 1 aliphatic carbocycles. The Labute approximate surface area is 126 Å². The minimum absolute atomic E-state index is 0.0263. The zero-order valence-electron chi connectivity index (χ0n) is 12.4. The summed E-state index contributed by atoms with van der Waals surface area (Å²) in [4.78, 5) is 12.8. The number of rotatable bonds is 7.